The van der Waals surface area contributed by atoms with E-state index in [1.54, 1.807) is 6.20 Å². The first-order valence-electron chi connectivity index (χ1n) is 7.42. The molecule has 1 heterocycles. The molecule has 0 bridgehead atoms. The average Bonchev–Trinajstić information content (AvgIpc) is 2.96. The lowest BCUT2D eigenvalue weighted by Crippen LogP contribution is -2.29. The Labute approximate surface area is 145 Å². The van der Waals surface area contributed by atoms with Gasteiger partial charge < -0.3 is 14.7 Å². The van der Waals surface area contributed by atoms with Gasteiger partial charge >= 0.3 is 5.97 Å². The van der Waals surface area contributed by atoms with Crippen molar-refractivity contribution in [2.24, 2.45) is 7.05 Å². The van der Waals surface area contributed by atoms with Crippen molar-refractivity contribution in [1.29, 1.82) is 0 Å². The molecule has 0 aliphatic rings. The van der Waals surface area contributed by atoms with Gasteiger partial charge in [0.15, 0.2) is 0 Å². The number of nitrogens with zero attached hydrogens (tertiary/aromatic N) is 1. The summed E-state index contributed by atoms with van der Waals surface area (Å²) in [6.07, 6.45) is 1.80. The van der Waals surface area contributed by atoms with E-state index in [0.717, 1.165) is 10.9 Å². The predicted molar refractivity (Wildman–Crippen MR) is 94.6 cm³/mol. The van der Waals surface area contributed by atoms with Gasteiger partial charge in [0.05, 0.1) is 23.3 Å². The van der Waals surface area contributed by atoms with Crippen LogP contribution in [0.25, 0.3) is 10.9 Å². The molecule has 8 heteroatoms. The zero-order valence-corrected chi connectivity index (χ0v) is 14.5. The maximum Gasteiger partial charge on any atom is 0.337 e. The maximum atomic E-state index is 12.4. The number of carbonyl (C=O) groups is 1. The molecule has 0 atom stereocenters. The van der Waals surface area contributed by atoms with Crippen LogP contribution < -0.4 is 10.3 Å². The van der Waals surface area contributed by atoms with Crippen LogP contribution in [0.1, 0.15) is 10.4 Å². The number of benzene rings is 2. The summed E-state index contributed by atoms with van der Waals surface area (Å²) in [4.78, 5) is 13.8. The Kier molecular flexibility index (Phi) is 4.47. The van der Waals surface area contributed by atoms with Crippen molar-refractivity contribution < 1.29 is 17.9 Å². The molecule has 0 saturated carbocycles. The topological polar surface area (TPSA) is 89.4 Å². The minimum absolute atomic E-state index is 0.0351. The molecule has 0 saturated heterocycles. The van der Waals surface area contributed by atoms with Crippen molar-refractivity contribution in [3.63, 3.8) is 0 Å². The molecule has 0 radical (unpaired) electrons. The van der Waals surface area contributed by atoms with Gasteiger partial charge in [0.1, 0.15) is 0 Å². The number of carbonyl (C=O) groups excluding carboxylic acids is 1. The van der Waals surface area contributed by atoms with Crippen LogP contribution >= 0.6 is 0 Å². The maximum absolute atomic E-state index is 12.4. The third-order valence-electron chi connectivity index (χ3n) is 3.80. The number of aromatic nitrogens is 1. The quantitative estimate of drug-likeness (QED) is 0.539. The number of nitrogens with one attached hydrogen (secondary N) is 2. The molecule has 3 aromatic rings. The third kappa shape index (κ3) is 3.35. The van der Waals surface area contributed by atoms with Gasteiger partial charge in [0.25, 0.3) is 10.0 Å². The van der Waals surface area contributed by atoms with Crippen molar-refractivity contribution >= 4 is 32.6 Å². The highest BCUT2D eigenvalue weighted by molar-refractivity contribution is 7.89. The van der Waals surface area contributed by atoms with Gasteiger partial charge in [-0.2, -0.15) is 0 Å². The van der Waals surface area contributed by atoms with E-state index in [1.165, 1.54) is 31.4 Å². The summed E-state index contributed by atoms with van der Waals surface area (Å²) in [5.74, 6) is -0.522. The summed E-state index contributed by atoms with van der Waals surface area (Å²) in [6, 6.07) is 13.1. The fourth-order valence-electron chi connectivity index (χ4n) is 2.51. The number of methoxy groups -OCH3 is 1. The molecule has 1 aromatic heterocycles. The Balaban J connectivity index is 1.80. The standard InChI is InChI=1S/C17H17N3O4S/c1-20-11-15(14-5-3-4-6-16(14)20)18-19-25(22,23)13-9-7-12(8-10-13)17(21)24-2/h3-11,18-19H,1-2H3. The number of sulfonamides is 1. The van der Waals surface area contributed by atoms with E-state index in [2.05, 4.69) is 15.0 Å². The second-order valence-electron chi connectivity index (χ2n) is 5.42. The highest BCUT2D eigenvalue weighted by Crippen LogP contribution is 2.24. The second kappa shape index (κ2) is 6.58. The van der Waals surface area contributed by atoms with Gasteiger partial charge in [-0.25, -0.2) is 13.2 Å². The van der Waals surface area contributed by atoms with Crippen LogP contribution in [0.15, 0.2) is 59.6 Å². The lowest BCUT2D eigenvalue weighted by atomic mass is 10.2. The average molecular weight is 359 g/mol. The van der Waals surface area contributed by atoms with Gasteiger partial charge in [-0.3, -0.25) is 0 Å². The summed E-state index contributed by atoms with van der Waals surface area (Å²) in [6.45, 7) is 0. The van der Waals surface area contributed by atoms with Crippen LogP contribution in [0, 0.1) is 0 Å². The first-order valence-corrected chi connectivity index (χ1v) is 8.91. The van der Waals surface area contributed by atoms with E-state index in [0.29, 0.717) is 5.69 Å². The number of aryl methyl sites for hydroxylation is 1. The lowest BCUT2D eigenvalue weighted by Gasteiger charge is -2.09. The fourth-order valence-corrected chi connectivity index (χ4v) is 3.37. The summed E-state index contributed by atoms with van der Waals surface area (Å²) < 4.78 is 31.3. The van der Waals surface area contributed by atoms with Crippen LogP contribution in [-0.4, -0.2) is 26.1 Å². The number of rotatable bonds is 5. The minimum Gasteiger partial charge on any atom is -0.465 e. The van der Waals surface area contributed by atoms with E-state index in [1.807, 2.05) is 35.9 Å². The molecule has 2 N–H and O–H groups in total. The van der Waals surface area contributed by atoms with E-state index >= 15 is 0 Å². The Bertz CT molecular complexity index is 1020. The Hall–Kier alpha value is -2.84. The lowest BCUT2D eigenvalue weighted by molar-refractivity contribution is 0.0600. The summed E-state index contributed by atoms with van der Waals surface area (Å²) in [5.41, 5.74) is 4.65. The summed E-state index contributed by atoms with van der Waals surface area (Å²) >= 11 is 0. The Morgan fingerprint density at radius 1 is 1.08 bits per heavy atom. The van der Waals surface area contributed by atoms with Crippen molar-refractivity contribution in [3.8, 4) is 0 Å². The molecule has 0 spiro atoms. The number of hydrogen-bond acceptors (Lipinski definition) is 5. The zero-order chi connectivity index (χ0) is 18.0. The zero-order valence-electron chi connectivity index (χ0n) is 13.7. The molecule has 3 rings (SSSR count). The number of anilines is 1. The monoisotopic (exact) mass is 359 g/mol. The van der Waals surface area contributed by atoms with Crippen LogP contribution in [0.2, 0.25) is 0 Å². The van der Waals surface area contributed by atoms with Gasteiger partial charge in [0, 0.05) is 24.1 Å². The first-order chi connectivity index (χ1) is 11.9. The van der Waals surface area contributed by atoms with Crippen LogP contribution in [0.3, 0.4) is 0 Å². The van der Waals surface area contributed by atoms with Crippen LogP contribution in [-0.2, 0) is 21.8 Å². The molecule has 2 aromatic carbocycles. The highest BCUT2D eigenvalue weighted by Gasteiger charge is 2.16. The molecule has 7 nitrogen and oxygen atoms in total. The smallest absolute Gasteiger partial charge is 0.337 e. The minimum atomic E-state index is -3.79. The molecular weight excluding hydrogens is 342 g/mol. The third-order valence-corrected chi connectivity index (χ3v) is 5.07. The van der Waals surface area contributed by atoms with Gasteiger partial charge in [-0.15, -0.1) is 4.83 Å². The van der Waals surface area contributed by atoms with Crippen molar-refractivity contribution in [3.05, 3.63) is 60.3 Å². The number of para-hydroxylation sites is 1. The summed E-state index contributed by atoms with van der Waals surface area (Å²) in [7, 11) is -0.641. The number of hydrogen-bond donors (Lipinski definition) is 2. The number of esters is 1. The van der Waals surface area contributed by atoms with Gasteiger partial charge in [-0.05, 0) is 30.3 Å². The van der Waals surface area contributed by atoms with Crippen molar-refractivity contribution in [2.45, 2.75) is 4.90 Å². The molecule has 0 fully saturated rings. The van der Waals surface area contributed by atoms with E-state index < -0.39 is 16.0 Å². The molecule has 25 heavy (non-hydrogen) atoms. The molecule has 130 valence electrons. The molecular formula is C17H17N3O4S. The molecule has 0 aliphatic heterocycles. The normalized spacial score (nSPS) is 11.4. The van der Waals surface area contributed by atoms with Crippen molar-refractivity contribution in [1.82, 2.24) is 9.40 Å². The van der Waals surface area contributed by atoms with Crippen molar-refractivity contribution in [2.75, 3.05) is 12.5 Å². The fraction of sp³-hybridized carbons (Fsp3) is 0.118. The number of hydrazine groups is 1. The summed E-state index contributed by atoms with van der Waals surface area (Å²) in [5, 5.41) is 0.897. The van der Waals surface area contributed by atoms with Gasteiger partial charge in [-0.1, -0.05) is 18.2 Å². The Morgan fingerprint density at radius 3 is 2.44 bits per heavy atom. The Morgan fingerprint density at radius 2 is 1.76 bits per heavy atom. The van der Waals surface area contributed by atoms with Crippen LogP contribution in [0.4, 0.5) is 5.69 Å². The predicted octanol–water partition coefficient (Wildman–Crippen LogP) is 2.27. The second-order valence-corrected chi connectivity index (χ2v) is 7.10. The highest BCUT2D eigenvalue weighted by atomic mass is 32.2. The number of ether oxygens (including phenoxy) is 1. The van der Waals surface area contributed by atoms with Crippen LogP contribution in [0.5, 0.6) is 0 Å². The number of fused-ring (bicyclic) bond motifs is 1. The van der Waals surface area contributed by atoms with Gasteiger partial charge in [0.2, 0.25) is 0 Å². The molecule has 0 unspecified atom stereocenters. The van der Waals surface area contributed by atoms with E-state index in [4.69, 9.17) is 0 Å². The van der Waals surface area contributed by atoms with E-state index in [9.17, 15) is 13.2 Å². The molecule has 0 aliphatic carbocycles. The SMILES string of the molecule is COC(=O)c1ccc(S(=O)(=O)NNc2cn(C)c3ccccc23)cc1. The van der Waals surface area contributed by atoms with E-state index in [-0.39, 0.29) is 10.5 Å². The largest absolute Gasteiger partial charge is 0.465 e. The first kappa shape index (κ1) is 17.0. The molecule has 0 amide bonds.